The molecule has 2 N–H and O–H groups in total. The van der Waals surface area contributed by atoms with Gasteiger partial charge in [-0.25, -0.2) is 8.42 Å². The molecule has 7 nitrogen and oxygen atoms in total. The zero-order valence-electron chi connectivity index (χ0n) is 16.1. The first kappa shape index (κ1) is 21.0. The van der Waals surface area contributed by atoms with E-state index in [0.29, 0.717) is 44.6 Å². The molecule has 1 aliphatic rings. The zero-order valence-corrected chi connectivity index (χ0v) is 16.9. The molecule has 3 rings (SSSR count). The molecule has 0 saturated carbocycles. The number of nitrogens with zero attached hydrogens (tertiary/aromatic N) is 1. The molecular formula is C21H25N3O4S. The van der Waals surface area contributed by atoms with Gasteiger partial charge in [0.1, 0.15) is 0 Å². The highest BCUT2D eigenvalue weighted by molar-refractivity contribution is 7.89. The minimum absolute atomic E-state index is 0.101. The van der Waals surface area contributed by atoms with Gasteiger partial charge in [-0.1, -0.05) is 36.4 Å². The van der Waals surface area contributed by atoms with E-state index in [2.05, 4.69) is 10.6 Å². The molecule has 0 aliphatic carbocycles. The maximum absolute atomic E-state index is 12.6. The standard InChI is InChI=1S/C21H25N3O4S/c25-20(17-7-3-1-4-8-17)22-13-14-23-21(26)18-11-15-24(16-12-18)29(27,28)19-9-5-2-6-10-19/h1-10,18H,11-16H2,(H,22,25)(H,23,26). The molecule has 0 atom stereocenters. The van der Waals surface area contributed by atoms with Crippen LogP contribution in [-0.2, 0) is 14.8 Å². The van der Waals surface area contributed by atoms with Crippen molar-refractivity contribution in [3.8, 4) is 0 Å². The van der Waals surface area contributed by atoms with E-state index in [1.54, 1.807) is 54.6 Å². The molecule has 8 heteroatoms. The number of benzene rings is 2. The molecule has 1 fully saturated rings. The van der Waals surface area contributed by atoms with Crippen LogP contribution in [-0.4, -0.2) is 50.7 Å². The van der Waals surface area contributed by atoms with Gasteiger partial charge in [0.15, 0.2) is 0 Å². The van der Waals surface area contributed by atoms with Crippen LogP contribution in [0, 0.1) is 5.92 Å². The summed E-state index contributed by atoms with van der Waals surface area (Å²) >= 11 is 0. The average Bonchev–Trinajstić information content (AvgIpc) is 2.77. The summed E-state index contributed by atoms with van der Waals surface area (Å²) in [5, 5.41) is 5.58. The van der Waals surface area contributed by atoms with Crippen LogP contribution in [0.3, 0.4) is 0 Å². The fourth-order valence-corrected chi connectivity index (χ4v) is 4.79. The minimum atomic E-state index is -3.51. The summed E-state index contributed by atoms with van der Waals surface area (Å²) in [5.41, 5.74) is 0.575. The SMILES string of the molecule is O=C(NCCNC(=O)C1CCN(S(=O)(=O)c2ccccc2)CC1)c1ccccc1. The van der Waals surface area contributed by atoms with Crippen molar-refractivity contribution < 1.29 is 18.0 Å². The van der Waals surface area contributed by atoms with Crippen molar-refractivity contribution in [2.45, 2.75) is 17.7 Å². The topological polar surface area (TPSA) is 95.6 Å². The van der Waals surface area contributed by atoms with E-state index in [1.165, 1.54) is 4.31 Å². The number of amides is 2. The van der Waals surface area contributed by atoms with Gasteiger partial charge in [-0.3, -0.25) is 9.59 Å². The first-order valence-electron chi connectivity index (χ1n) is 9.64. The molecule has 154 valence electrons. The molecule has 2 aromatic carbocycles. The first-order valence-corrected chi connectivity index (χ1v) is 11.1. The second-order valence-electron chi connectivity index (χ2n) is 6.90. The van der Waals surface area contributed by atoms with Gasteiger partial charge in [0.05, 0.1) is 4.90 Å². The summed E-state index contributed by atoms with van der Waals surface area (Å²) in [5.74, 6) is -0.503. The van der Waals surface area contributed by atoms with Crippen molar-refractivity contribution in [1.29, 1.82) is 0 Å². The van der Waals surface area contributed by atoms with Crippen LogP contribution in [0.5, 0.6) is 0 Å². The lowest BCUT2D eigenvalue weighted by atomic mass is 9.97. The van der Waals surface area contributed by atoms with Gasteiger partial charge in [0, 0.05) is 37.7 Å². The van der Waals surface area contributed by atoms with E-state index in [1.807, 2.05) is 6.07 Å². The van der Waals surface area contributed by atoms with Crippen molar-refractivity contribution in [2.24, 2.45) is 5.92 Å². The lowest BCUT2D eigenvalue weighted by Gasteiger charge is -2.30. The number of nitrogens with one attached hydrogen (secondary N) is 2. The number of carbonyl (C=O) groups is 2. The van der Waals surface area contributed by atoms with E-state index < -0.39 is 10.0 Å². The summed E-state index contributed by atoms with van der Waals surface area (Å²) in [6.07, 6.45) is 0.961. The summed E-state index contributed by atoms with van der Waals surface area (Å²) in [6.45, 7) is 1.31. The van der Waals surface area contributed by atoms with Gasteiger partial charge >= 0.3 is 0 Å². The van der Waals surface area contributed by atoms with Gasteiger partial charge in [-0.05, 0) is 37.1 Å². The smallest absolute Gasteiger partial charge is 0.251 e. The Balaban J connectivity index is 1.40. The van der Waals surface area contributed by atoms with Crippen molar-refractivity contribution >= 4 is 21.8 Å². The molecular weight excluding hydrogens is 390 g/mol. The van der Waals surface area contributed by atoms with E-state index in [9.17, 15) is 18.0 Å². The molecule has 1 heterocycles. The lowest BCUT2D eigenvalue weighted by molar-refractivity contribution is -0.126. The maximum Gasteiger partial charge on any atom is 0.251 e. The molecule has 0 radical (unpaired) electrons. The predicted octanol–water partition coefficient (Wildman–Crippen LogP) is 1.63. The second-order valence-corrected chi connectivity index (χ2v) is 8.84. The van der Waals surface area contributed by atoms with Crippen LogP contribution >= 0.6 is 0 Å². The van der Waals surface area contributed by atoms with Crippen LogP contribution in [0.25, 0.3) is 0 Å². The summed E-state index contributed by atoms with van der Waals surface area (Å²) < 4.78 is 26.7. The van der Waals surface area contributed by atoms with Crippen molar-refractivity contribution in [3.63, 3.8) is 0 Å². The van der Waals surface area contributed by atoms with E-state index in [-0.39, 0.29) is 22.6 Å². The van der Waals surface area contributed by atoms with Crippen LogP contribution in [0.2, 0.25) is 0 Å². The summed E-state index contributed by atoms with van der Waals surface area (Å²) in [4.78, 5) is 24.6. The number of carbonyl (C=O) groups excluding carboxylic acids is 2. The highest BCUT2D eigenvalue weighted by Gasteiger charge is 2.31. The van der Waals surface area contributed by atoms with Crippen LogP contribution < -0.4 is 10.6 Å². The number of sulfonamides is 1. The highest BCUT2D eigenvalue weighted by atomic mass is 32.2. The molecule has 2 amide bonds. The largest absolute Gasteiger partial charge is 0.354 e. The van der Waals surface area contributed by atoms with Crippen molar-refractivity contribution in [2.75, 3.05) is 26.2 Å². The second kappa shape index (κ2) is 9.67. The van der Waals surface area contributed by atoms with Crippen LogP contribution in [0.4, 0.5) is 0 Å². The van der Waals surface area contributed by atoms with Gasteiger partial charge < -0.3 is 10.6 Å². The number of hydrogen-bond acceptors (Lipinski definition) is 4. The Morgan fingerprint density at radius 1 is 0.862 bits per heavy atom. The Labute approximate surface area is 171 Å². The Morgan fingerprint density at radius 3 is 2.03 bits per heavy atom. The summed E-state index contributed by atoms with van der Waals surface area (Å²) in [7, 11) is -3.51. The average molecular weight is 416 g/mol. The molecule has 1 saturated heterocycles. The zero-order chi connectivity index (χ0) is 20.7. The highest BCUT2D eigenvalue weighted by Crippen LogP contribution is 2.23. The predicted molar refractivity (Wildman–Crippen MR) is 110 cm³/mol. The van der Waals surface area contributed by atoms with Crippen molar-refractivity contribution in [3.05, 3.63) is 66.2 Å². The fraction of sp³-hybridized carbons (Fsp3) is 0.333. The third-order valence-electron chi connectivity index (χ3n) is 4.95. The quantitative estimate of drug-likeness (QED) is 0.672. The van der Waals surface area contributed by atoms with Gasteiger partial charge in [0.25, 0.3) is 5.91 Å². The fourth-order valence-electron chi connectivity index (χ4n) is 3.30. The lowest BCUT2D eigenvalue weighted by Crippen LogP contribution is -2.44. The van der Waals surface area contributed by atoms with Crippen LogP contribution in [0.15, 0.2) is 65.6 Å². The van der Waals surface area contributed by atoms with E-state index >= 15 is 0 Å². The monoisotopic (exact) mass is 415 g/mol. The number of hydrogen-bond donors (Lipinski definition) is 2. The number of rotatable bonds is 7. The third kappa shape index (κ3) is 5.42. The minimum Gasteiger partial charge on any atom is -0.354 e. The third-order valence-corrected chi connectivity index (χ3v) is 6.86. The van der Waals surface area contributed by atoms with Crippen molar-refractivity contribution in [1.82, 2.24) is 14.9 Å². The molecule has 2 aromatic rings. The molecule has 0 spiro atoms. The van der Waals surface area contributed by atoms with Crippen LogP contribution in [0.1, 0.15) is 23.2 Å². The normalized spacial score (nSPS) is 15.6. The van der Waals surface area contributed by atoms with E-state index in [4.69, 9.17) is 0 Å². The van der Waals surface area contributed by atoms with E-state index in [0.717, 1.165) is 0 Å². The van der Waals surface area contributed by atoms with Gasteiger partial charge in [-0.15, -0.1) is 0 Å². The van der Waals surface area contributed by atoms with Gasteiger partial charge in [-0.2, -0.15) is 4.31 Å². The maximum atomic E-state index is 12.6. The molecule has 0 aromatic heterocycles. The van der Waals surface area contributed by atoms with Gasteiger partial charge in [0.2, 0.25) is 15.9 Å². The molecule has 1 aliphatic heterocycles. The Bertz CT molecular complexity index is 925. The molecule has 0 bridgehead atoms. The Morgan fingerprint density at radius 2 is 1.41 bits per heavy atom. The molecule has 0 unspecified atom stereocenters. The summed E-state index contributed by atoms with van der Waals surface area (Å²) in [6, 6.07) is 17.2. The Kier molecular flexibility index (Phi) is 7.00. The first-order chi connectivity index (χ1) is 14.0. The Hall–Kier alpha value is -2.71. The number of piperidine rings is 1. The molecule has 29 heavy (non-hydrogen) atoms.